The summed E-state index contributed by atoms with van der Waals surface area (Å²) in [5.74, 6) is -0.366. The van der Waals surface area contributed by atoms with E-state index in [0.717, 1.165) is 5.56 Å². The molecule has 0 aliphatic rings. The highest BCUT2D eigenvalue weighted by atomic mass is 16.5. The van der Waals surface area contributed by atoms with E-state index in [4.69, 9.17) is 9.84 Å². The molecule has 24 heavy (non-hydrogen) atoms. The Morgan fingerprint density at radius 2 is 1.79 bits per heavy atom. The molecular weight excluding hydrogens is 310 g/mol. The Bertz CT molecular complexity index is 501. The highest BCUT2D eigenvalue weighted by Gasteiger charge is 2.15. The van der Waals surface area contributed by atoms with Gasteiger partial charge in [0.25, 0.3) is 0 Å². The summed E-state index contributed by atoms with van der Waals surface area (Å²) >= 11 is 0. The van der Waals surface area contributed by atoms with E-state index in [9.17, 15) is 9.59 Å². The van der Waals surface area contributed by atoms with Crippen LogP contribution >= 0.6 is 0 Å². The number of aryl methyl sites for hydroxylation is 2. The first-order valence-corrected chi connectivity index (χ1v) is 8.15. The fourth-order valence-corrected chi connectivity index (χ4v) is 2.19. The van der Waals surface area contributed by atoms with E-state index in [1.165, 1.54) is 12.7 Å². The average molecular weight is 337 g/mol. The summed E-state index contributed by atoms with van der Waals surface area (Å²) in [4.78, 5) is 25.3. The summed E-state index contributed by atoms with van der Waals surface area (Å²) in [5, 5.41) is 8.71. The average Bonchev–Trinajstić information content (AvgIpc) is 2.60. The van der Waals surface area contributed by atoms with Crippen molar-refractivity contribution in [3.63, 3.8) is 0 Å². The number of nitrogens with zero attached hydrogens (tertiary/aromatic N) is 1. The smallest absolute Gasteiger partial charge is 0.307 e. The Morgan fingerprint density at radius 3 is 2.42 bits per heavy atom. The highest BCUT2D eigenvalue weighted by molar-refractivity contribution is 5.77. The summed E-state index contributed by atoms with van der Waals surface area (Å²) in [6, 6.07) is 8.09. The van der Waals surface area contributed by atoms with Crippen molar-refractivity contribution in [2.24, 2.45) is 0 Å². The molecule has 6 nitrogen and oxygen atoms in total. The third-order valence-corrected chi connectivity index (χ3v) is 3.66. The first-order valence-electron chi connectivity index (χ1n) is 8.15. The molecule has 0 aromatic heterocycles. The van der Waals surface area contributed by atoms with Gasteiger partial charge in [-0.15, -0.1) is 0 Å². The molecule has 1 aromatic rings. The van der Waals surface area contributed by atoms with E-state index in [-0.39, 0.29) is 31.5 Å². The minimum absolute atomic E-state index is 0.0212. The molecule has 0 bridgehead atoms. The van der Waals surface area contributed by atoms with Gasteiger partial charge in [0.2, 0.25) is 5.91 Å². The maximum absolute atomic E-state index is 12.4. The van der Waals surface area contributed by atoms with E-state index in [2.05, 4.69) is 4.74 Å². The lowest BCUT2D eigenvalue weighted by Crippen LogP contribution is -2.36. The predicted octanol–water partition coefficient (Wildman–Crippen LogP) is 1.33. The molecular formula is C18H27NO5. The summed E-state index contributed by atoms with van der Waals surface area (Å²) in [5.41, 5.74) is 2.30. The summed E-state index contributed by atoms with van der Waals surface area (Å²) < 4.78 is 9.84. The Morgan fingerprint density at radius 1 is 1.08 bits per heavy atom. The lowest BCUT2D eigenvalue weighted by molar-refractivity contribution is -0.142. The van der Waals surface area contributed by atoms with Crippen LogP contribution in [0.4, 0.5) is 0 Å². The normalized spacial score (nSPS) is 10.5. The fourth-order valence-electron chi connectivity index (χ4n) is 2.19. The SMILES string of the molecule is COC(=O)CCN(CCOCCO)C(=O)CCc1ccc(C)cc1. The lowest BCUT2D eigenvalue weighted by atomic mass is 10.1. The third kappa shape index (κ3) is 8.08. The monoisotopic (exact) mass is 337 g/mol. The molecule has 0 saturated carbocycles. The zero-order valence-electron chi connectivity index (χ0n) is 14.5. The molecule has 1 aromatic carbocycles. The summed E-state index contributed by atoms with van der Waals surface area (Å²) in [7, 11) is 1.33. The van der Waals surface area contributed by atoms with Crippen molar-refractivity contribution in [2.75, 3.05) is 40.0 Å². The van der Waals surface area contributed by atoms with E-state index in [0.29, 0.717) is 32.5 Å². The molecule has 0 spiro atoms. The molecule has 0 atom stereocenters. The van der Waals surface area contributed by atoms with Gasteiger partial charge in [-0.05, 0) is 18.9 Å². The molecule has 1 amide bonds. The van der Waals surface area contributed by atoms with Crippen LogP contribution in [0.2, 0.25) is 0 Å². The number of carbonyl (C=O) groups is 2. The molecule has 1 rings (SSSR count). The van der Waals surface area contributed by atoms with Crippen LogP contribution in [0.3, 0.4) is 0 Å². The van der Waals surface area contributed by atoms with E-state index < -0.39 is 0 Å². The number of amides is 1. The minimum atomic E-state index is -0.345. The van der Waals surface area contributed by atoms with Crippen molar-refractivity contribution in [1.82, 2.24) is 4.90 Å². The van der Waals surface area contributed by atoms with Crippen LogP contribution in [0, 0.1) is 6.92 Å². The molecule has 0 aliphatic carbocycles. The van der Waals surface area contributed by atoms with Crippen molar-refractivity contribution in [2.45, 2.75) is 26.2 Å². The Kier molecular flexibility index (Phi) is 9.72. The topological polar surface area (TPSA) is 76.1 Å². The van der Waals surface area contributed by atoms with Gasteiger partial charge in [-0.3, -0.25) is 9.59 Å². The first kappa shape index (κ1) is 20.1. The van der Waals surface area contributed by atoms with Crippen LogP contribution in [-0.2, 0) is 25.5 Å². The highest BCUT2D eigenvalue weighted by Crippen LogP contribution is 2.08. The van der Waals surface area contributed by atoms with E-state index in [1.54, 1.807) is 4.90 Å². The number of hydrogen-bond donors (Lipinski definition) is 1. The number of carbonyl (C=O) groups excluding carboxylic acids is 2. The molecule has 1 N–H and O–H groups in total. The number of aliphatic hydroxyl groups is 1. The molecule has 134 valence electrons. The number of hydrogen-bond acceptors (Lipinski definition) is 5. The lowest BCUT2D eigenvalue weighted by Gasteiger charge is -2.22. The van der Waals surface area contributed by atoms with Crippen LogP contribution in [-0.4, -0.2) is 61.9 Å². The second kappa shape index (κ2) is 11.6. The van der Waals surface area contributed by atoms with Gasteiger partial charge in [0.05, 0.1) is 33.4 Å². The standard InChI is InChI=1S/C18H27NO5/c1-15-3-5-16(6-4-15)7-8-17(21)19(10-9-18(22)23-2)11-13-24-14-12-20/h3-6,20H,7-14H2,1-2H3. The van der Waals surface area contributed by atoms with Gasteiger partial charge < -0.3 is 19.5 Å². The largest absolute Gasteiger partial charge is 0.469 e. The van der Waals surface area contributed by atoms with Crippen molar-refractivity contribution in [1.29, 1.82) is 0 Å². The van der Waals surface area contributed by atoms with Crippen molar-refractivity contribution < 1.29 is 24.2 Å². The quantitative estimate of drug-likeness (QED) is 0.487. The number of methoxy groups -OCH3 is 1. The minimum Gasteiger partial charge on any atom is -0.469 e. The number of aliphatic hydroxyl groups excluding tert-OH is 1. The molecule has 6 heteroatoms. The molecule has 0 heterocycles. The second-order valence-electron chi connectivity index (χ2n) is 5.53. The van der Waals surface area contributed by atoms with Crippen molar-refractivity contribution in [3.8, 4) is 0 Å². The van der Waals surface area contributed by atoms with Crippen LogP contribution in [0.5, 0.6) is 0 Å². The van der Waals surface area contributed by atoms with Gasteiger partial charge in [0.15, 0.2) is 0 Å². The molecule has 0 unspecified atom stereocenters. The maximum atomic E-state index is 12.4. The second-order valence-corrected chi connectivity index (χ2v) is 5.53. The van der Waals surface area contributed by atoms with E-state index in [1.807, 2.05) is 31.2 Å². The van der Waals surface area contributed by atoms with Crippen molar-refractivity contribution in [3.05, 3.63) is 35.4 Å². The molecule has 0 radical (unpaired) electrons. The molecule has 0 aliphatic heterocycles. The number of benzene rings is 1. The zero-order chi connectivity index (χ0) is 17.8. The summed E-state index contributed by atoms with van der Waals surface area (Å²) in [6.45, 7) is 3.24. The number of ether oxygens (including phenoxy) is 2. The third-order valence-electron chi connectivity index (χ3n) is 3.66. The fraction of sp³-hybridized carbons (Fsp3) is 0.556. The van der Waals surface area contributed by atoms with Crippen LogP contribution in [0.15, 0.2) is 24.3 Å². The first-order chi connectivity index (χ1) is 11.6. The molecule has 0 saturated heterocycles. The van der Waals surface area contributed by atoms with Crippen LogP contribution < -0.4 is 0 Å². The summed E-state index contributed by atoms with van der Waals surface area (Å²) in [6.07, 6.45) is 1.20. The van der Waals surface area contributed by atoms with Crippen LogP contribution in [0.1, 0.15) is 24.0 Å². The predicted molar refractivity (Wildman–Crippen MR) is 90.6 cm³/mol. The Labute approximate surface area is 143 Å². The number of rotatable bonds is 11. The Balaban J connectivity index is 2.50. The van der Waals surface area contributed by atoms with Crippen molar-refractivity contribution >= 4 is 11.9 Å². The zero-order valence-corrected chi connectivity index (χ0v) is 14.5. The van der Waals surface area contributed by atoms with E-state index >= 15 is 0 Å². The number of esters is 1. The maximum Gasteiger partial charge on any atom is 0.307 e. The van der Waals surface area contributed by atoms with Gasteiger partial charge >= 0.3 is 5.97 Å². The molecule has 0 fully saturated rings. The van der Waals surface area contributed by atoms with Gasteiger partial charge in [-0.2, -0.15) is 0 Å². The van der Waals surface area contributed by atoms with Gasteiger partial charge in [-0.25, -0.2) is 0 Å². The van der Waals surface area contributed by atoms with Gasteiger partial charge in [0.1, 0.15) is 0 Å². The van der Waals surface area contributed by atoms with Gasteiger partial charge in [0, 0.05) is 19.5 Å². The van der Waals surface area contributed by atoms with Gasteiger partial charge in [-0.1, -0.05) is 29.8 Å². The van der Waals surface area contributed by atoms with Crippen LogP contribution in [0.25, 0.3) is 0 Å². The Hall–Kier alpha value is -1.92.